The standard InChI is InChI=1S/C15H13BrN2OS/c16-13-6-7-15-17-14(9-18(15)8-13)11-20(19)10-12-4-2-1-3-5-12/h1-9H,10-11H2. The Bertz CT molecular complexity index is 755. The highest BCUT2D eigenvalue weighted by Crippen LogP contribution is 2.14. The maximum Gasteiger partial charge on any atom is 0.137 e. The quantitative estimate of drug-likeness (QED) is 0.722. The lowest BCUT2D eigenvalue weighted by atomic mass is 10.2. The Labute approximate surface area is 128 Å². The molecule has 0 N–H and O–H groups in total. The van der Waals surface area contributed by atoms with Gasteiger partial charge < -0.3 is 4.40 Å². The summed E-state index contributed by atoms with van der Waals surface area (Å²) < 4.78 is 15.1. The molecule has 2 heterocycles. The van der Waals surface area contributed by atoms with Gasteiger partial charge in [-0.2, -0.15) is 0 Å². The van der Waals surface area contributed by atoms with E-state index >= 15 is 0 Å². The maximum atomic E-state index is 12.2. The zero-order valence-corrected chi connectivity index (χ0v) is 13.1. The van der Waals surface area contributed by atoms with Crippen molar-refractivity contribution < 1.29 is 4.21 Å². The Morgan fingerprint density at radius 1 is 1.05 bits per heavy atom. The molecular weight excluding hydrogens is 336 g/mol. The van der Waals surface area contributed by atoms with Gasteiger partial charge in [-0.15, -0.1) is 0 Å². The molecule has 20 heavy (non-hydrogen) atoms. The fourth-order valence-corrected chi connectivity index (χ4v) is 3.55. The second kappa shape index (κ2) is 5.89. The van der Waals surface area contributed by atoms with Gasteiger partial charge in [-0.1, -0.05) is 30.3 Å². The van der Waals surface area contributed by atoms with E-state index in [0.717, 1.165) is 21.4 Å². The molecule has 3 aromatic rings. The molecule has 0 aliphatic heterocycles. The number of pyridine rings is 1. The molecular formula is C15H13BrN2OS. The fraction of sp³-hybridized carbons (Fsp3) is 0.133. The molecule has 0 aliphatic carbocycles. The van der Waals surface area contributed by atoms with Crippen LogP contribution in [0.25, 0.3) is 5.65 Å². The van der Waals surface area contributed by atoms with E-state index in [2.05, 4.69) is 20.9 Å². The minimum Gasteiger partial charge on any atom is -0.306 e. The summed E-state index contributed by atoms with van der Waals surface area (Å²) in [5, 5.41) is 0. The molecule has 0 saturated carbocycles. The predicted octanol–water partition coefficient (Wildman–Crippen LogP) is 3.55. The van der Waals surface area contributed by atoms with Crippen molar-refractivity contribution in [3.63, 3.8) is 0 Å². The average molecular weight is 349 g/mol. The molecule has 0 saturated heterocycles. The smallest absolute Gasteiger partial charge is 0.137 e. The highest BCUT2D eigenvalue weighted by Gasteiger charge is 2.07. The van der Waals surface area contributed by atoms with Crippen molar-refractivity contribution in [3.05, 3.63) is 70.6 Å². The molecule has 0 spiro atoms. The van der Waals surface area contributed by atoms with Gasteiger partial charge in [0.1, 0.15) is 5.65 Å². The monoisotopic (exact) mass is 348 g/mol. The van der Waals surface area contributed by atoms with Crippen molar-refractivity contribution in [2.75, 3.05) is 0 Å². The Kier molecular flexibility index (Phi) is 3.98. The number of fused-ring (bicyclic) bond motifs is 1. The predicted molar refractivity (Wildman–Crippen MR) is 84.9 cm³/mol. The largest absolute Gasteiger partial charge is 0.306 e. The van der Waals surface area contributed by atoms with Gasteiger partial charge >= 0.3 is 0 Å². The van der Waals surface area contributed by atoms with E-state index in [1.165, 1.54) is 0 Å². The van der Waals surface area contributed by atoms with Gasteiger partial charge in [-0.25, -0.2) is 4.98 Å². The molecule has 1 unspecified atom stereocenters. The maximum absolute atomic E-state index is 12.2. The molecule has 0 bridgehead atoms. The van der Waals surface area contributed by atoms with E-state index < -0.39 is 10.8 Å². The lowest BCUT2D eigenvalue weighted by Gasteiger charge is -2.00. The molecule has 3 nitrogen and oxygen atoms in total. The molecule has 0 fully saturated rings. The number of halogens is 1. The lowest BCUT2D eigenvalue weighted by Crippen LogP contribution is -1.99. The van der Waals surface area contributed by atoms with Crippen molar-refractivity contribution in [1.29, 1.82) is 0 Å². The van der Waals surface area contributed by atoms with Gasteiger partial charge in [0.05, 0.1) is 11.4 Å². The Morgan fingerprint density at radius 3 is 2.65 bits per heavy atom. The fourth-order valence-electron chi connectivity index (χ4n) is 2.06. The zero-order chi connectivity index (χ0) is 13.9. The molecule has 5 heteroatoms. The summed E-state index contributed by atoms with van der Waals surface area (Å²) in [6.45, 7) is 0. The molecule has 1 atom stereocenters. The molecule has 1 aromatic carbocycles. The highest BCUT2D eigenvalue weighted by molar-refractivity contribution is 9.10. The summed E-state index contributed by atoms with van der Waals surface area (Å²) in [6, 6.07) is 13.8. The van der Waals surface area contributed by atoms with E-state index in [1.54, 1.807) is 0 Å². The van der Waals surface area contributed by atoms with Gasteiger partial charge in [0, 0.05) is 33.4 Å². The second-order valence-electron chi connectivity index (χ2n) is 4.56. The topological polar surface area (TPSA) is 34.4 Å². The van der Waals surface area contributed by atoms with Crippen molar-refractivity contribution >= 4 is 32.4 Å². The number of hydrogen-bond donors (Lipinski definition) is 0. The molecule has 2 aromatic heterocycles. The molecule has 102 valence electrons. The number of hydrogen-bond acceptors (Lipinski definition) is 2. The molecule has 0 radical (unpaired) electrons. The number of nitrogens with zero attached hydrogens (tertiary/aromatic N) is 2. The first-order valence-corrected chi connectivity index (χ1v) is 8.51. The van der Waals surface area contributed by atoms with E-state index in [0.29, 0.717) is 11.5 Å². The van der Waals surface area contributed by atoms with Crippen LogP contribution in [0.2, 0.25) is 0 Å². The SMILES string of the molecule is O=S(Cc1ccccc1)Cc1cn2cc(Br)ccc2n1. The van der Waals surface area contributed by atoms with E-state index in [-0.39, 0.29) is 0 Å². The normalized spacial score (nSPS) is 12.7. The highest BCUT2D eigenvalue weighted by atomic mass is 79.9. The average Bonchev–Trinajstić information content (AvgIpc) is 2.80. The zero-order valence-electron chi connectivity index (χ0n) is 10.7. The third-order valence-corrected chi connectivity index (χ3v) is 4.69. The molecule has 0 aliphatic rings. The first-order chi connectivity index (χ1) is 9.70. The van der Waals surface area contributed by atoms with Crippen LogP contribution in [0.4, 0.5) is 0 Å². The van der Waals surface area contributed by atoms with Crippen LogP contribution in [0.1, 0.15) is 11.3 Å². The Morgan fingerprint density at radius 2 is 1.85 bits per heavy atom. The van der Waals surface area contributed by atoms with Crippen molar-refractivity contribution in [3.8, 4) is 0 Å². The number of imidazole rings is 1. The first kappa shape index (κ1) is 13.5. The van der Waals surface area contributed by atoms with Crippen LogP contribution in [0, 0.1) is 0 Å². The lowest BCUT2D eigenvalue weighted by molar-refractivity contribution is 0.681. The summed E-state index contributed by atoms with van der Waals surface area (Å²) in [7, 11) is -0.942. The van der Waals surface area contributed by atoms with Crippen LogP contribution in [0.15, 0.2) is 59.3 Å². The van der Waals surface area contributed by atoms with E-state index in [1.807, 2.05) is 59.3 Å². The van der Waals surface area contributed by atoms with Crippen LogP contribution in [-0.4, -0.2) is 13.6 Å². The third-order valence-electron chi connectivity index (χ3n) is 2.94. The minimum atomic E-state index is -0.942. The van der Waals surface area contributed by atoms with Gasteiger partial charge in [0.25, 0.3) is 0 Å². The van der Waals surface area contributed by atoms with E-state index in [4.69, 9.17) is 0 Å². The number of benzene rings is 1. The first-order valence-electron chi connectivity index (χ1n) is 6.23. The van der Waals surface area contributed by atoms with Crippen LogP contribution in [-0.2, 0) is 22.3 Å². The van der Waals surface area contributed by atoms with Crippen molar-refractivity contribution in [2.24, 2.45) is 0 Å². The summed E-state index contributed by atoms with van der Waals surface area (Å²) >= 11 is 3.43. The van der Waals surface area contributed by atoms with Crippen LogP contribution in [0.3, 0.4) is 0 Å². The van der Waals surface area contributed by atoms with Gasteiger partial charge in [-0.05, 0) is 33.6 Å². The van der Waals surface area contributed by atoms with Crippen molar-refractivity contribution in [2.45, 2.75) is 11.5 Å². The summed E-state index contributed by atoms with van der Waals surface area (Å²) in [5.74, 6) is 1.05. The Balaban J connectivity index is 1.74. The van der Waals surface area contributed by atoms with E-state index in [9.17, 15) is 4.21 Å². The van der Waals surface area contributed by atoms with Gasteiger partial charge in [-0.3, -0.25) is 4.21 Å². The summed E-state index contributed by atoms with van der Waals surface area (Å²) in [4.78, 5) is 4.48. The molecule has 0 amide bonds. The Hall–Kier alpha value is -1.46. The van der Waals surface area contributed by atoms with Crippen LogP contribution < -0.4 is 0 Å². The number of aromatic nitrogens is 2. The third kappa shape index (κ3) is 3.16. The second-order valence-corrected chi connectivity index (χ2v) is 6.93. The summed E-state index contributed by atoms with van der Waals surface area (Å²) in [5.41, 5.74) is 2.83. The molecule has 3 rings (SSSR count). The van der Waals surface area contributed by atoms with Crippen molar-refractivity contribution in [1.82, 2.24) is 9.38 Å². The number of rotatable bonds is 4. The summed E-state index contributed by atoms with van der Waals surface area (Å²) in [6.07, 6.45) is 3.88. The van der Waals surface area contributed by atoms with Crippen LogP contribution >= 0.6 is 15.9 Å². The van der Waals surface area contributed by atoms with Crippen LogP contribution in [0.5, 0.6) is 0 Å². The van der Waals surface area contributed by atoms with Gasteiger partial charge in [0.2, 0.25) is 0 Å². The minimum absolute atomic E-state index is 0.480. The van der Waals surface area contributed by atoms with Gasteiger partial charge in [0.15, 0.2) is 0 Å².